The number of hydrogen-bond acceptors (Lipinski definition) is 3. The third-order valence-corrected chi connectivity index (χ3v) is 5.00. The van der Waals surface area contributed by atoms with Crippen LogP contribution < -0.4 is 5.32 Å². The summed E-state index contributed by atoms with van der Waals surface area (Å²) in [6, 6.07) is 8.86. The summed E-state index contributed by atoms with van der Waals surface area (Å²) in [6.07, 6.45) is 5.67. The molecule has 0 aliphatic heterocycles. The van der Waals surface area contributed by atoms with Crippen LogP contribution in [0.1, 0.15) is 31.4 Å². The lowest BCUT2D eigenvalue weighted by Crippen LogP contribution is -2.45. The van der Waals surface area contributed by atoms with Gasteiger partial charge in [0.2, 0.25) is 0 Å². The summed E-state index contributed by atoms with van der Waals surface area (Å²) in [6.45, 7) is 0. The number of methoxy groups -OCH3 is 1. The molecular weight excluding hydrogens is 262 g/mol. The second-order valence-electron chi connectivity index (χ2n) is 6.22. The third-order valence-electron chi connectivity index (χ3n) is 5.00. The van der Waals surface area contributed by atoms with E-state index < -0.39 is 0 Å². The second-order valence-corrected chi connectivity index (χ2v) is 6.22. The fraction of sp³-hybridized carbons (Fsp3) is 0.588. The first-order chi connectivity index (χ1) is 10.2. The van der Waals surface area contributed by atoms with Gasteiger partial charge in [-0.2, -0.15) is 5.10 Å². The molecule has 1 aromatic heterocycles. The molecule has 21 heavy (non-hydrogen) atoms. The van der Waals surface area contributed by atoms with Crippen molar-refractivity contribution >= 4 is 10.9 Å². The van der Waals surface area contributed by atoms with Gasteiger partial charge in [-0.15, -0.1) is 0 Å². The van der Waals surface area contributed by atoms with Crippen molar-refractivity contribution in [2.45, 2.75) is 43.7 Å². The van der Waals surface area contributed by atoms with Gasteiger partial charge in [0.25, 0.3) is 0 Å². The van der Waals surface area contributed by atoms with Crippen LogP contribution in [0.2, 0.25) is 0 Å². The largest absolute Gasteiger partial charge is 0.378 e. The number of fused-ring (bicyclic) bond motifs is 1. The van der Waals surface area contributed by atoms with Crippen LogP contribution in [0.25, 0.3) is 10.9 Å². The molecule has 1 unspecified atom stereocenters. The Bertz CT molecular complexity index is 610. The molecule has 0 amide bonds. The number of nitrogens with one attached hydrogen (secondary N) is 1. The van der Waals surface area contributed by atoms with E-state index >= 15 is 0 Å². The Labute approximate surface area is 126 Å². The van der Waals surface area contributed by atoms with Gasteiger partial charge in [0.05, 0.1) is 16.8 Å². The Morgan fingerprint density at radius 1 is 1.38 bits per heavy atom. The summed E-state index contributed by atoms with van der Waals surface area (Å²) < 4.78 is 7.75. The van der Waals surface area contributed by atoms with Crippen LogP contribution in [0.15, 0.2) is 24.3 Å². The van der Waals surface area contributed by atoms with Crippen LogP contribution in [0.4, 0.5) is 0 Å². The van der Waals surface area contributed by atoms with Gasteiger partial charge in [0.15, 0.2) is 0 Å². The van der Waals surface area contributed by atoms with Crippen molar-refractivity contribution in [3.63, 3.8) is 0 Å². The highest BCUT2D eigenvalue weighted by Gasteiger charge is 2.38. The summed E-state index contributed by atoms with van der Waals surface area (Å²) in [4.78, 5) is 0. The molecule has 114 valence electrons. The zero-order chi connectivity index (χ0) is 14.9. The molecule has 3 rings (SSSR count). The molecular formula is C17H25N3O. The fourth-order valence-electron chi connectivity index (χ4n) is 3.46. The summed E-state index contributed by atoms with van der Waals surface area (Å²) >= 11 is 0. The first-order valence-corrected chi connectivity index (χ1v) is 7.80. The maximum Gasteiger partial charge on any atom is 0.0718 e. The Morgan fingerprint density at radius 3 is 2.76 bits per heavy atom. The van der Waals surface area contributed by atoms with Crippen molar-refractivity contribution < 1.29 is 4.74 Å². The fourth-order valence-corrected chi connectivity index (χ4v) is 3.46. The summed E-state index contributed by atoms with van der Waals surface area (Å²) in [5.41, 5.74) is 2.48. The topological polar surface area (TPSA) is 39.1 Å². The molecule has 2 aromatic rings. The van der Waals surface area contributed by atoms with Crippen molar-refractivity contribution in [1.82, 2.24) is 15.1 Å². The average Bonchev–Trinajstić information content (AvgIpc) is 2.78. The minimum Gasteiger partial charge on any atom is -0.378 e. The minimum absolute atomic E-state index is 0.0955. The van der Waals surface area contributed by atoms with Gasteiger partial charge < -0.3 is 10.1 Å². The van der Waals surface area contributed by atoms with Gasteiger partial charge in [0, 0.05) is 32.0 Å². The van der Waals surface area contributed by atoms with Crippen LogP contribution in [0.3, 0.4) is 0 Å². The molecule has 4 nitrogen and oxygen atoms in total. The normalized spacial score (nSPS) is 18.6. The smallest absolute Gasteiger partial charge is 0.0718 e. The number of aromatic nitrogens is 2. The van der Waals surface area contributed by atoms with Crippen molar-refractivity contribution in [2.24, 2.45) is 7.05 Å². The van der Waals surface area contributed by atoms with Crippen molar-refractivity contribution in [3.05, 3.63) is 30.0 Å². The van der Waals surface area contributed by atoms with Crippen molar-refractivity contribution in [1.29, 1.82) is 0 Å². The van der Waals surface area contributed by atoms with Crippen LogP contribution in [-0.2, 0) is 18.2 Å². The standard InChI is InChI=1S/C17H25N3O/c1-18-13(12-17(21-3)9-6-10-17)11-15-14-7-4-5-8-16(14)20(2)19-15/h4-5,7-8,13,18H,6,9-12H2,1-3H3. The molecule has 1 fully saturated rings. The van der Waals surface area contributed by atoms with Crippen LogP contribution in [0, 0.1) is 0 Å². The second kappa shape index (κ2) is 5.78. The first-order valence-electron chi connectivity index (χ1n) is 7.80. The molecule has 0 spiro atoms. The molecule has 0 radical (unpaired) electrons. The zero-order valence-corrected chi connectivity index (χ0v) is 13.2. The predicted molar refractivity (Wildman–Crippen MR) is 85.5 cm³/mol. The molecule has 1 N–H and O–H groups in total. The lowest BCUT2D eigenvalue weighted by atomic mass is 9.75. The number of para-hydroxylation sites is 1. The highest BCUT2D eigenvalue weighted by molar-refractivity contribution is 5.81. The Balaban J connectivity index is 1.79. The minimum atomic E-state index is 0.0955. The summed E-state index contributed by atoms with van der Waals surface area (Å²) in [5, 5.41) is 9.43. The first kappa shape index (κ1) is 14.5. The Morgan fingerprint density at radius 2 is 2.14 bits per heavy atom. The van der Waals surface area contributed by atoms with Crippen LogP contribution in [-0.4, -0.2) is 35.6 Å². The van der Waals surface area contributed by atoms with E-state index in [9.17, 15) is 0 Å². The third kappa shape index (κ3) is 2.70. The van der Waals surface area contributed by atoms with E-state index in [0.29, 0.717) is 6.04 Å². The van der Waals surface area contributed by atoms with E-state index in [1.54, 1.807) is 0 Å². The molecule has 1 aliphatic carbocycles. The zero-order valence-electron chi connectivity index (χ0n) is 13.2. The maximum atomic E-state index is 5.77. The quantitative estimate of drug-likeness (QED) is 0.888. The van der Waals surface area contributed by atoms with Crippen molar-refractivity contribution in [2.75, 3.05) is 14.2 Å². The van der Waals surface area contributed by atoms with Crippen LogP contribution in [0.5, 0.6) is 0 Å². The number of rotatable bonds is 6. The lowest BCUT2D eigenvalue weighted by Gasteiger charge is -2.42. The SMILES string of the molecule is CNC(Cc1nn(C)c2ccccc12)CC1(OC)CCC1. The van der Waals surface area contributed by atoms with E-state index in [2.05, 4.69) is 29.6 Å². The van der Waals surface area contributed by atoms with Gasteiger partial charge in [-0.05, 0) is 38.8 Å². The molecule has 1 saturated carbocycles. The van der Waals surface area contributed by atoms with E-state index in [4.69, 9.17) is 9.84 Å². The highest BCUT2D eigenvalue weighted by Crippen LogP contribution is 2.39. The number of benzene rings is 1. The number of nitrogens with zero attached hydrogens (tertiary/aromatic N) is 2. The molecule has 1 aliphatic rings. The molecule has 0 saturated heterocycles. The molecule has 1 aromatic carbocycles. The Kier molecular flexibility index (Phi) is 4.00. The molecule has 1 atom stereocenters. The van der Waals surface area contributed by atoms with Gasteiger partial charge in [0.1, 0.15) is 0 Å². The Hall–Kier alpha value is -1.39. The average molecular weight is 287 g/mol. The number of hydrogen-bond donors (Lipinski definition) is 1. The summed E-state index contributed by atoms with van der Waals surface area (Å²) in [5.74, 6) is 0. The van der Waals surface area contributed by atoms with Gasteiger partial charge >= 0.3 is 0 Å². The van der Waals surface area contributed by atoms with Gasteiger partial charge in [-0.1, -0.05) is 18.2 Å². The monoisotopic (exact) mass is 287 g/mol. The van der Waals surface area contributed by atoms with E-state index in [-0.39, 0.29) is 5.60 Å². The number of aryl methyl sites for hydroxylation is 1. The maximum absolute atomic E-state index is 5.77. The van der Waals surface area contributed by atoms with Gasteiger partial charge in [-0.3, -0.25) is 4.68 Å². The van der Waals surface area contributed by atoms with E-state index in [0.717, 1.165) is 12.8 Å². The predicted octanol–water partition coefficient (Wildman–Crippen LogP) is 2.66. The number of likely N-dealkylation sites (N-methyl/N-ethyl adjacent to an activating group) is 1. The number of ether oxygens (including phenoxy) is 1. The van der Waals surface area contributed by atoms with E-state index in [1.165, 1.54) is 35.9 Å². The molecule has 1 heterocycles. The van der Waals surface area contributed by atoms with Gasteiger partial charge in [-0.25, -0.2) is 0 Å². The molecule has 0 bridgehead atoms. The molecule has 4 heteroatoms. The van der Waals surface area contributed by atoms with E-state index in [1.807, 2.05) is 25.9 Å². The summed E-state index contributed by atoms with van der Waals surface area (Å²) in [7, 11) is 5.91. The van der Waals surface area contributed by atoms with Crippen molar-refractivity contribution in [3.8, 4) is 0 Å². The lowest BCUT2D eigenvalue weighted by molar-refractivity contribution is -0.0830. The van der Waals surface area contributed by atoms with Crippen LogP contribution >= 0.6 is 0 Å². The highest BCUT2D eigenvalue weighted by atomic mass is 16.5.